The Morgan fingerprint density at radius 1 is 1.15 bits per heavy atom. The smallest absolute Gasteiger partial charge is 0.261 e. The minimum Gasteiger partial charge on any atom is -0.388 e. The Kier molecular flexibility index (Phi) is 7.33. The fourth-order valence-electron chi connectivity index (χ4n) is 5.12. The molecule has 4 N–H and O–H groups in total. The van der Waals surface area contributed by atoms with Gasteiger partial charge in [0.05, 0.1) is 11.9 Å². The number of carbonyl (C=O) groups excluding carboxylic acids is 1. The molecular weight excluding hydrogens is 440 g/mol. The summed E-state index contributed by atoms with van der Waals surface area (Å²) in [5.74, 6) is 0.0373. The second kappa shape index (κ2) is 9.54. The number of fused-ring (bicyclic) bond motifs is 1. The Morgan fingerprint density at radius 2 is 1.73 bits per heavy atom. The van der Waals surface area contributed by atoms with Gasteiger partial charge in [0.1, 0.15) is 0 Å². The fraction of sp³-hybridized carbons (Fsp3) is 0.480. The van der Waals surface area contributed by atoms with E-state index in [9.17, 15) is 18.3 Å². The first-order valence-electron chi connectivity index (χ1n) is 11.1. The summed E-state index contributed by atoms with van der Waals surface area (Å²) in [6.45, 7) is 7.16. The summed E-state index contributed by atoms with van der Waals surface area (Å²) in [7, 11) is -3.67. The number of benzene rings is 2. The zero-order chi connectivity index (χ0) is 24.4. The van der Waals surface area contributed by atoms with Crippen molar-refractivity contribution in [3.05, 3.63) is 70.8 Å². The number of rotatable bonds is 4. The Balaban J connectivity index is 0.000000555. The average Bonchev–Trinajstić information content (AvgIpc) is 3.05. The quantitative estimate of drug-likeness (QED) is 0.585. The molecule has 1 aliphatic heterocycles. The molecule has 33 heavy (non-hydrogen) atoms. The van der Waals surface area contributed by atoms with Gasteiger partial charge in [0.15, 0.2) is 0 Å². The molecular formula is C25H34N2O5S. The molecule has 2 atom stereocenters. The highest BCUT2D eigenvalue weighted by molar-refractivity contribution is 7.85. The molecule has 8 heteroatoms. The molecule has 4 rings (SSSR count). The van der Waals surface area contributed by atoms with E-state index in [1.54, 1.807) is 6.07 Å². The van der Waals surface area contributed by atoms with Crippen molar-refractivity contribution in [2.45, 2.75) is 44.1 Å². The van der Waals surface area contributed by atoms with E-state index < -0.39 is 15.7 Å². The second-order valence-corrected chi connectivity index (χ2v) is 11.3. The van der Waals surface area contributed by atoms with Crippen LogP contribution in [0.5, 0.6) is 0 Å². The van der Waals surface area contributed by atoms with E-state index in [-0.39, 0.29) is 11.3 Å². The molecule has 0 spiro atoms. The molecule has 2 aromatic carbocycles. The van der Waals surface area contributed by atoms with Gasteiger partial charge in [0.2, 0.25) is 5.91 Å². The second-order valence-electron chi connectivity index (χ2n) is 9.83. The standard InChI is InChI=1S/C24H30N2O2.CH4O3S/c1-17-15-26(16-24(28)13-19-6-3-4-7-20(19)14-24)11-10-23(17,2)21-9-5-8-18(12-21)22(25)27;1-5(2,3)4/h3-9,12,17,28H,10-11,13-16H2,1-2H3,(H2,25,27);1H3,(H,2,3,4)/t17-,23+;/m1./s1. The highest BCUT2D eigenvalue weighted by atomic mass is 32.2. The minimum absolute atomic E-state index is 0.00319. The number of hydrogen-bond acceptors (Lipinski definition) is 5. The number of primary amides is 1. The number of amides is 1. The predicted octanol–water partition coefficient (Wildman–Crippen LogP) is 2.42. The number of piperidine rings is 1. The van der Waals surface area contributed by atoms with E-state index in [0.717, 1.165) is 32.4 Å². The maximum absolute atomic E-state index is 11.6. The molecule has 7 nitrogen and oxygen atoms in total. The summed E-state index contributed by atoms with van der Waals surface area (Å²) in [6, 6.07) is 16.2. The maximum atomic E-state index is 11.6. The Hall–Kier alpha value is -2.26. The van der Waals surface area contributed by atoms with Gasteiger partial charge in [-0.25, -0.2) is 0 Å². The van der Waals surface area contributed by atoms with Crippen LogP contribution in [0.2, 0.25) is 0 Å². The van der Waals surface area contributed by atoms with Gasteiger partial charge in [-0.05, 0) is 53.1 Å². The maximum Gasteiger partial charge on any atom is 0.261 e. The van der Waals surface area contributed by atoms with E-state index in [1.165, 1.54) is 16.7 Å². The summed E-state index contributed by atoms with van der Waals surface area (Å²) in [6.07, 6.45) is 3.20. The van der Waals surface area contributed by atoms with Gasteiger partial charge in [0.25, 0.3) is 10.1 Å². The zero-order valence-electron chi connectivity index (χ0n) is 19.5. The van der Waals surface area contributed by atoms with Crippen LogP contribution in [-0.4, -0.2) is 60.4 Å². The van der Waals surface area contributed by atoms with Crippen molar-refractivity contribution in [1.29, 1.82) is 0 Å². The van der Waals surface area contributed by atoms with Crippen LogP contribution < -0.4 is 5.73 Å². The normalized spacial score (nSPS) is 24.5. The molecule has 1 fully saturated rings. The number of nitrogens with two attached hydrogens (primary N) is 1. The SMILES string of the molecule is CS(=O)(=O)O.C[C@@H]1CN(CC2(O)Cc3ccccc3C2)CC[C@]1(C)c1cccc(C(N)=O)c1. The Bertz CT molecular complexity index is 1080. The van der Waals surface area contributed by atoms with Crippen molar-refractivity contribution in [3.8, 4) is 0 Å². The van der Waals surface area contributed by atoms with Gasteiger partial charge < -0.3 is 15.7 Å². The monoisotopic (exact) mass is 474 g/mol. The number of nitrogens with zero attached hydrogens (tertiary/aromatic N) is 1. The largest absolute Gasteiger partial charge is 0.388 e. The van der Waals surface area contributed by atoms with Crippen molar-refractivity contribution >= 4 is 16.0 Å². The molecule has 2 aliphatic rings. The van der Waals surface area contributed by atoms with Crippen LogP contribution >= 0.6 is 0 Å². The Morgan fingerprint density at radius 3 is 2.24 bits per heavy atom. The first-order chi connectivity index (χ1) is 15.3. The number of hydrogen-bond donors (Lipinski definition) is 3. The summed E-state index contributed by atoms with van der Waals surface area (Å²) in [5.41, 5.74) is 9.14. The molecule has 0 aromatic heterocycles. The molecule has 0 bridgehead atoms. The lowest BCUT2D eigenvalue weighted by atomic mass is 9.67. The average molecular weight is 475 g/mol. The first kappa shape index (κ1) is 25.4. The first-order valence-corrected chi connectivity index (χ1v) is 13.0. The van der Waals surface area contributed by atoms with E-state index >= 15 is 0 Å². The van der Waals surface area contributed by atoms with Crippen LogP contribution in [0.3, 0.4) is 0 Å². The highest BCUT2D eigenvalue weighted by Crippen LogP contribution is 2.40. The van der Waals surface area contributed by atoms with Gasteiger partial charge in [-0.1, -0.05) is 50.2 Å². The molecule has 1 aliphatic carbocycles. The van der Waals surface area contributed by atoms with Gasteiger partial charge >= 0.3 is 0 Å². The lowest BCUT2D eigenvalue weighted by Crippen LogP contribution is -2.52. The highest BCUT2D eigenvalue weighted by Gasteiger charge is 2.42. The lowest BCUT2D eigenvalue weighted by Gasteiger charge is -2.46. The summed E-state index contributed by atoms with van der Waals surface area (Å²) in [5, 5.41) is 11.2. The summed E-state index contributed by atoms with van der Waals surface area (Å²) < 4.78 is 25.9. The van der Waals surface area contributed by atoms with Crippen LogP contribution in [0.15, 0.2) is 48.5 Å². The molecule has 1 heterocycles. The number of carbonyl (C=O) groups is 1. The van der Waals surface area contributed by atoms with Crippen LogP contribution in [-0.2, 0) is 28.4 Å². The predicted molar refractivity (Wildman–Crippen MR) is 129 cm³/mol. The summed E-state index contributed by atoms with van der Waals surface area (Å²) >= 11 is 0. The minimum atomic E-state index is -3.67. The van der Waals surface area contributed by atoms with Gasteiger partial charge in [0, 0.05) is 31.5 Å². The zero-order valence-corrected chi connectivity index (χ0v) is 20.3. The van der Waals surface area contributed by atoms with Crippen molar-refractivity contribution in [2.24, 2.45) is 11.7 Å². The van der Waals surface area contributed by atoms with E-state index in [1.807, 2.05) is 12.1 Å². The van der Waals surface area contributed by atoms with Crippen molar-refractivity contribution in [3.63, 3.8) is 0 Å². The van der Waals surface area contributed by atoms with E-state index in [2.05, 4.69) is 49.1 Å². The topological polar surface area (TPSA) is 121 Å². The third kappa shape index (κ3) is 6.41. The van der Waals surface area contributed by atoms with E-state index in [0.29, 0.717) is 24.3 Å². The third-order valence-corrected chi connectivity index (χ3v) is 7.05. The molecule has 180 valence electrons. The van der Waals surface area contributed by atoms with Crippen LogP contribution in [0.25, 0.3) is 0 Å². The van der Waals surface area contributed by atoms with Crippen molar-refractivity contribution in [2.75, 3.05) is 25.9 Å². The molecule has 0 saturated carbocycles. The third-order valence-electron chi connectivity index (χ3n) is 7.05. The molecule has 2 aromatic rings. The van der Waals surface area contributed by atoms with Crippen molar-refractivity contribution in [1.82, 2.24) is 4.90 Å². The van der Waals surface area contributed by atoms with Gasteiger partial charge in [-0.2, -0.15) is 8.42 Å². The van der Waals surface area contributed by atoms with Gasteiger partial charge in [-0.15, -0.1) is 0 Å². The van der Waals surface area contributed by atoms with Crippen LogP contribution in [0, 0.1) is 5.92 Å². The number of likely N-dealkylation sites (tertiary alicyclic amines) is 1. The van der Waals surface area contributed by atoms with Gasteiger partial charge in [-0.3, -0.25) is 9.35 Å². The molecule has 1 saturated heterocycles. The molecule has 0 unspecified atom stereocenters. The van der Waals surface area contributed by atoms with Crippen LogP contribution in [0.1, 0.15) is 47.3 Å². The molecule has 1 amide bonds. The van der Waals surface area contributed by atoms with Crippen molar-refractivity contribution < 1.29 is 22.9 Å². The fourth-order valence-corrected chi connectivity index (χ4v) is 5.12. The van der Waals surface area contributed by atoms with E-state index in [4.69, 9.17) is 10.3 Å². The Labute approximate surface area is 196 Å². The lowest BCUT2D eigenvalue weighted by molar-refractivity contribution is -0.00935. The molecule has 0 radical (unpaired) electrons. The number of β-amino-alcohol motifs (C(OH)–C–C–N with tert-alkyl or cyclic N) is 1. The number of aliphatic hydroxyl groups is 1. The summed E-state index contributed by atoms with van der Waals surface area (Å²) in [4.78, 5) is 14.0. The van der Waals surface area contributed by atoms with Crippen LogP contribution in [0.4, 0.5) is 0 Å².